The van der Waals surface area contributed by atoms with E-state index < -0.39 is 24.1 Å². The van der Waals surface area contributed by atoms with Crippen LogP contribution < -0.4 is 11.1 Å². The van der Waals surface area contributed by atoms with Crippen molar-refractivity contribution < 1.29 is 32.7 Å². The standard InChI is InChI=1S/C10H13N3O2.C2HF3O2/c11-10(15)9(13-7-14)5-4-8-3-1-2-6-12-8;3-2(4,5)1(6)7/h1-3,6-7,9H,4-5H2,(H2,11,15)(H,13,14);(H,6,7). The zero-order valence-corrected chi connectivity index (χ0v) is 11.2. The highest BCUT2D eigenvalue weighted by atomic mass is 19.4. The van der Waals surface area contributed by atoms with Gasteiger partial charge in [0.1, 0.15) is 6.04 Å². The number of pyridine rings is 1. The van der Waals surface area contributed by atoms with Crippen molar-refractivity contribution in [2.24, 2.45) is 5.73 Å². The van der Waals surface area contributed by atoms with E-state index in [0.717, 1.165) is 5.69 Å². The van der Waals surface area contributed by atoms with E-state index in [0.29, 0.717) is 19.3 Å². The molecule has 1 aromatic rings. The van der Waals surface area contributed by atoms with E-state index in [4.69, 9.17) is 15.6 Å². The number of carbonyl (C=O) groups is 3. The van der Waals surface area contributed by atoms with Crippen LogP contribution in [0.25, 0.3) is 0 Å². The lowest BCUT2D eigenvalue weighted by molar-refractivity contribution is -0.192. The van der Waals surface area contributed by atoms with Crippen molar-refractivity contribution in [3.63, 3.8) is 0 Å². The molecule has 0 saturated carbocycles. The summed E-state index contributed by atoms with van der Waals surface area (Å²) in [4.78, 5) is 34.1. The molecule has 4 N–H and O–H groups in total. The molecule has 0 fully saturated rings. The van der Waals surface area contributed by atoms with Crippen LogP contribution in [-0.4, -0.2) is 40.6 Å². The Morgan fingerprint density at radius 2 is 2.00 bits per heavy atom. The van der Waals surface area contributed by atoms with Gasteiger partial charge < -0.3 is 16.2 Å². The van der Waals surface area contributed by atoms with Crippen molar-refractivity contribution >= 4 is 18.3 Å². The van der Waals surface area contributed by atoms with E-state index in [1.165, 1.54) is 0 Å². The topological polar surface area (TPSA) is 122 Å². The molecule has 0 aliphatic carbocycles. The molecule has 0 aliphatic heterocycles. The minimum absolute atomic E-state index is 0.463. The van der Waals surface area contributed by atoms with Gasteiger partial charge in [0.2, 0.25) is 12.3 Å². The second kappa shape index (κ2) is 9.32. The maximum absolute atomic E-state index is 10.9. The number of primary amides is 1. The lowest BCUT2D eigenvalue weighted by Crippen LogP contribution is -2.40. The van der Waals surface area contributed by atoms with Crippen LogP contribution in [0.15, 0.2) is 24.4 Å². The van der Waals surface area contributed by atoms with Gasteiger partial charge in [0, 0.05) is 11.9 Å². The summed E-state index contributed by atoms with van der Waals surface area (Å²) < 4.78 is 31.7. The molecular weight excluding hydrogens is 307 g/mol. The minimum atomic E-state index is -5.08. The molecule has 0 radical (unpaired) electrons. The third-order valence-electron chi connectivity index (χ3n) is 2.27. The van der Waals surface area contributed by atoms with Gasteiger partial charge >= 0.3 is 12.1 Å². The Morgan fingerprint density at radius 1 is 1.41 bits per heavy atom. The summed E-state index contributed by atoms with van der Waals surface area (Å²) in [6.07, 6.45) is -1.85. The minimum Gasteiger partial charge on any atom is -0.475 e. The van der Waals surface area contributed by atoms with Crippen molar-refractivity contribution in [2.45, 2.75) is 25.1 Å². The fourth-order valence-corrected chi connectivity index (χ4v) is 1.23. The van der Waals surface area contributed by atoms with Gasteiger partial charge in [-0.05, 0) is 25.0 Å². The molecule has 7 nitrogen and oxygen atoms in total. The highest BCUT2D eigenvalue weighted by Gasteiger charge is 2.38. The third kappa shape index (κ3) is 8.51. The van der Waals surface area contributed by atoms with E-state index in [1.807, 2.05) is 18.2 Å². The van der Waals surface area contributed by atoms with Gasteiger partial charge in [0.15, 0.2) is 0 Å². The van der Waals surface area contributed by atoms with Gasteiger partial charge in [0.05, 0.1) is 0 Å². The van der Waals surface area contributed by atoms with Crippen LogP contribution in [0, 0.1) is 0 Å². The highest BCUT2D eigenvalue weighted by Crippen LogP contribution is 2.13. The molecule has 1 atom stereocenters. The van der Waals surface area contributed by atoms with Crippen molar-refractivity contribution in [1.29, 1.82) is 0 Å². The smallest absolute Gasteiger partial charge is 0.475 e. The molecule has 10 heteroatoms. The number of carboxylic acid groups (broad SMARTS) is 1. The predicted octanol–water partition coefficient (Wildman–Crippen LogP) is 0.247. The Kier molecular flexibility index (Phi) is 8.19. The maximum atomic E-state index is 10.9. The van der Waals surface area contributed by atoms with Crippen LogP contribution >= 0.6 is 0 Å². The Bertz CT molecular complexity index is 494. The van der Waals surface area contributed by atoms with Crippen LogP contribution in [0.1, 0.15) is 12.1 Å². The van der Waals surface area contributed by atoms with E-state index in [9.17, 15) is 22.8 Å². The molecule has 1 heterocycles. The summed E-state index contributed by atoms with van der Waals surface area (Å²) in [7, 11) is 0. The molecule has 1 unspecified atom stereocenters. The van der Waals surface area contributed by atoms with E-state index in [-0.39, 0.29) is 0 Å². The largest absolute Gasteiger partial charge is 0.490 e. The van der Waals surface area contributed by atoms with E-state index in [1.54, 1.807) is 6.20 Å². The van der Waals surface area contributed by atoms with Crippen molar-refractivity contribution in [3.8, 4) is 0 Å². The first-order chi connectivity index (χ1) is 10.2. The molecule has 0 bridgehead atoms. The number of aromatic nitrogens is 1. The molecule has 0 aromatic carbocycles. The zero-order chi connectivity index (χ0) is 17.2. The number of nitrogens with one attached hydrogen (secondary N) is 1. The molecule has 2 amide bonds. The number of nitrogens with zero attached hydrogens (tertiary/aromatic N) is 1. The lowest BCUT2D eigenvalue weighted by Gasteiger charge is -2.11. The average molecular weight is 321 g/mol. The molecular formula is C12H14F3N3O4. The lowest BCUT2D eigenvalue weighted by atomic mass is 10.1. The van der Waals surface area contributed by atoms with Gasteiger partial charge in [-0.2, -0.15) is 13.2 Å². The fourth-order valence-electron chi connectivity index (χ4n) is 1.23. The Balaban J connectivity index is 0.000000534. The first-order valence-corrected chi connectivity index (χ1v) is 5.87. The number of carbonyl (C=O) groups excluding carboxylic acids is 2. The average Bonchev–Trinajstić information content (AvgIpc) is 2.44. The number of halogens is 3. The number of aryl methyl sites for hydroxylation is 1. The SMILES string of the molecule is NC(=O)C(CCc1ccccn1)NC=O.O=C(O)C(F)(F)F. The maximum Gasteiger partial charge on any atom is 0.490 e. The molecule has 1 aromatic heterocycles. The summed E-state index contributed by atoms with van der Waals surface area (Å²) in [6.45, 7) is 0. The Labute approximate surface area is 123 Å². The number of hydrogen-bond donors (Lipinski definition) is 3. The Hall–Kier alpha value is -2.65. The monoisotopic (exact) mass is 321 g/mol. The quantitative estimate of drug-likeness (QED) is 0.648. The van der Waals surface area contributed by atoms with Crippen LogP contribution in [0.4, 0.5) is 13.2 Å². The summed E-state index contributed by atoms with van der Waals surface area (Å²) in [6, 6.07) is 4.93. The second-order valence-corrected chi connectivity index (χ2v) is 3.90. The molecule has 22 heavy (non-hydrogen) atoms. The molecule has 1 rings (SSSR count). The van der Waals surface area contributed by atoms with Crippen molar-refractivity contribution in [1.82, 2.24) is 10.3 Å². The van der Waals surface area contributed by atoms with E-state index >= 15 is 0 Å². The normalized spacial score (nSPS) is 11.6. The van der Waals surface area contributed by atoms with Gasteiger partial charge in [0.25, 0.3) is 0 Å². The highest BCUT2D eigenvalue weighted by molar-refractivity contribution is 5.81. The third-order valence-corrected chi connectivity index (χ3v) is 2.27. The number of hydrogen-bond acceptors (Lipinski definition) is 4. The molecule has 122 valence electrons. The molecule has 0 saturated heterocycles. The molecule has 0 spiro atoms. The van der Waals surface area contributed by atoms with Gasteiger partial charge in [-0.15, -0.1) is 0 Å². The Morgan fingerprint density at radius 3 is 2.36 bits per heavy atom. The van der Waals surface area contributed by atoms with E-state index in [2.05, 4.69) is 10.3 Å². The van der Waals surface area contributed by atoms with Gasteiger partial charge in [-0.25, -0.2) is 4.79 Å². The van der Waals surface area contributed by atoms with Gasteiger partial charge in [-0.3, -0.25) is 14.6 Å². The first-order valence-electron chi connectivity index (χ1n) is 5.87. The number of nitrogens with two attached hydrogens (primary N) is 1. The number of carboxylic acids is 1. The number of aliphatic carboxylic acids is 1. The summed E-state index contributed by atoms with van der Waals surface area (Å²) in [5.74, 6) is -3.29. The zero-order valence-electron chi connectivity index (χ0n) is 11.2. The van der Waals surface area contributed by atoms with Crippen LogP contribution in [0.5, 0.6) is 0 Å². The predicted molar refractivity (Wildman–Crippen MR) is 68.4 cm³/mol. The first kappa shape index (κ1) is 19.4. The summed E-state index contributed by atoms with van der Waals surface area (Å²) in [5, 5.41) is 9.49. The van der Waals surface area contributed by atoms with Crippen LogP contribution in [-0.2, 0) is 20.8 Å². The molecule has 0 aliphatic rings. The summed E-state index contributed by atoms with van der Waals surface area (Å²) >= 11 is 0. The van der Waals surface area contributed by atoms with Crippen LogP contribution in [0.2, 0.25) is 0 Å². The number of rotatable bonds is 6. The van der Waals surface area contributed by atoms with Crippen LogP contribution in [0.3, 0.4) is 0 Å². The second-order valence-electron chi connectivity index (χ2n) is 3.90. The number of alkyl halides is 3. The van der Waals surface area contributed by atoms with Crippen molar-refractivity contribution in [3.05, 3.63) is 30.1 Å². The fraction of sp³-hybridized carbons (Fsp3) is 0.333. The van der Waals surface area contributed by atoms with Gasteiger partial charge in [-0.1, -0.05) is 6.07 Å². The number of amides is 2. The van der Waals surface area contributed by atoms with Crippen molar-refractivity contribution in [2.75, 3.05) is 0 Å². The summed E-state index contributed by atoms with van der Waals surface area (Å²) in [5.41, 5.74) is 5.98.